The fourth-order valence-electron chi connectivity index (χ4n) is 9.01. The van der Waals surface area contributed by atoms with Crippen LogP contribution in [0.3, 0.4) is 0 Å². The maximum Gasteiger partial charge on any atom is 0.326 e. The van der Waals surface area contributed by atoms with E-state index in [4.69, 9.17) is 40.1 Å². The van der Waals surface area contributed by atoms with Gasteiger partial charge in [-0.15, -0.1) is 11.3 Å². The van der Waals surface area contributed by atoms with E-state index in [1.807, 2.05) is 0 Å². The van der Waals surface area contributed by atoms with Crippen molar-refractivity contribution in [2.24, 2.45) is 55.1 Å². The number of aliphatic carboxylic acids is 1. The molecule has 0 saturated carbocycles. The molecule has 23 N–H and O–H groups in total. The molecule has 0 radical (unpaired) electrons. The summed E-state index contributed by atoms with van der Waals surface area (Å²) in [7, 11) is 0. The van der Waals surface area contributed by atoms with Gasteiger partial charge in [0.25, 0.3) is 0 Å². The molecule has 1 unspecified atom stereocenters. The Bertz CT molecular complexity index is 2400. The molecule has 3 aliphatic heterocycles. The van der Waals surface area contributed by atoms with Crippen molar-refractivity contribution in [3.8, 4) is 0 Å². The molecule has 4 rings (SSSR count). The molecular weight excluding hydrogens is 1060 g/mol. The minimum Gasteiger partial charge on any atom is -0.480 e. The zero-order valence-corrected chi connectivity index (χ0v) is 44.4. The third-order valence-electron chi connectivity index (χ3n) is 13.0. The summed E-state index contributed by atoms with van der Waals surface area (Å²) >= 11 is 1.25. The Kier molecular flexibility index (Phi) is 25.4. The van der Waals surface area contributed by atoms with Crippen molar-refractivity contribution in [3.05, 3.63) is 22.4 Å². The van der Waals surface area contributed by atoms with E-state index < -0.39 is 133 Å². The van der Waals surface area contributed by atoms with Crippen molar-refractivity contribution in [1.29, 1.82) is 0 Å². The molecule has 4 heterocycles. The lowest BCUT2D eigenvalue weighted by Gasteiger charge is -2.33. The number of nitrogens with two attached hydrogens (primary N) is 7. The Morgan fingerprint density at radius 1 is 0.709 bits per heavy atom. The number of amides is 9. The smallest absolute Gasteiger partial charge is 0.326 e. The van der Waals surface area contributed by atoms with Crippen molar-refractivity contribution in [1.82, 2.24) is 46.6 Å². The summed E-state index contributed by atoms with van der Waals surface area (Å²) in [5.41, 5.74) is 38.3. The number of aliphatic hydroxyl groups excluding tert-OH is 2. The number of carboxylic acids is 1. The van der Waals surface area contributed by atoms with Crippen molar-refractivity contribution >= 4 is 88.3 Å². The first-order valence-corrected chi connectivity index (χ1v) is 26.5. The van der Waals surface area contributed by atoms with E-state index in [-0.39, 0.29) is 115 Å². The van der Waals surface area contributed by atoms with Gasteiger partial charge in [0.15, 0.2) is 17.9 Å². The third-order valence-corrected chi connectivity index (χ3v) is 13.9. The number of rotatable bonds is 31. The van der Waals surface area contributed by atoms with Gasteiger partial charge in [0.2, 0.25) is 53.2 Å². The topological polar surface area (TPSA) is 533 Å². The zero-order chi connectivity index (χ0) is 58.3. The molecule has 3 aliphatic rings. The van der Waals surface area contributed by atoms with Crippen LogP contribution in [0, 0.1) is 0 Å². The molecule has 0 aromatic carbocycles. The molecule has 1 aromatic heterocycles. The van der Waals surface area contributed by atoms with E-state index in [2.05, 4.69) is 46.9 Å². The summed E-state index contributed by atoms with van der Waals surface area (Å²) in [5, 5.41) is 47.3. The normalized spacial score (nSPS) is 19.6. The zero-order valence-electron chi connectivity index (χ0n) is 43.6. The number of aliphatic imine (C=N–C) groups is 3. The minimum atomic E-state index is -1.63. The van der Waals surface area contributed by atoms with Crippen LogP contribution in [-0.4, -0.2) is 220 Å². The number of hydrogen-bond acceptors (Lipinski definition) is 17. The molecule has 0 spiro atoms. The standard InChI is InChI=1S/C46H75N19O13S/c47-25(7-1-13-54-44(48)49)36(70)60-26(8-2-14-55-45(50)51)41(75)64-16-4-10-31(64)42(76)65-18-12-32(67)35(65)39(73)57-21-33(68)59-29(20-24-6-5-19-79-24)37(71)62-30(23-66)38(72)61-27-11-17-63(40(27)74)22-34(69)58-28(43(77)78)9-3-15-56-46(52)53/h5-6,19,25-32,35,66-67H,1-4,7-18,20-23,47H2,(H,57,73)(H,58,69)(H,59,68)(H,60,70)(H,61,72)(H,62,71)(H,77,78)(H4,48,49,54)(H4,50,51,55)(H4,52,53,56)/t25-,26+,27-,28?,29+,30+,31+,32-,35+/m1/s1. The largest absolute Gasteiger partial charge is 0.480 e. The number of nitrogens with zero attached hydrogens (tertiary/aromatic N) is 6. The maximum atomic E-state index is 14.3. The van der Waals surface area contributed by atoms with Crippen molar-refractivity contribution in [3.63, 3.8) is 0 Å². The van der Waals surface area contributed by atoms with Gasteiger partial charge >= 0.3 is 5.97 Å². The first kappa shape index (κ1) is 63.6. The van der Waals surface area contributed by atoms with Crippen molar-refractivity contribution < 1.29 is 63.3 Å². The SMILES string of the molecule is NC(N)=NCCCC(NC(=O)CN1CC[C@@H](NC(=O)[C@H](CO)NC(=O)[C@H](Cc2cccs2)NC(=O)CNC(=O)[C@@H]2[C@H](O)CCN2C(=O)[C@@H]2CCCN2C(=O)[C@H](CCCN=C(N)N)NC(=O)[C@H](N)CCCN=C(N)N)C1=O)C(=O)O. The van der Waals surface area contributed by atoms with Crippen LogP contribution < -0.4 is 72.0 Å². The highest BCUT2D eigenvalue weighted by Gasteiger charge is 2.47. The molecule has 32 nitrogen and oxygen atoms in total. The number of carbonyl (C=O) groups excluding carboxylic acids is 9. The van der Waals surface area contributed by atoms with Crippen molar-refractivity contribution in [2.45, 2.75) is 125 Å². The summed E-state index contributed by atoms with van der Waals surface area (Å²) in [6.07, 6.45) is 0.251. The molecule has 438 valence electrons. The summed E-state index contributed by atoms with van der Waals surface area (Å²) in [5.74, 6) is -8.83. The lowest BCUT2D eigenvalue weighted by Crippen LogP contribution is -2.59. The van der Waals surface area contributed by atoms with Crippen LogP contribution in [0.1, 0.15) is 69.1 Å². The second-order valence-electron chi connectivity index (χ2n) is 19.0. The molecule has 33 heteroatoms. The number of nitrogens with one attached hydrogen (secondary N) is 6. The number of hydrogen-bond donors (Lipinski definition) is 16. The molecule has 79 heavy (non-hydrogen) atoms. The molecule has 1 aromatic rings. The highest BCUT2D eigenvalue weighted by atomic mass is 32.1. The second kappa shape index (κ2) is 31.5. The highest BCUT2D eigenvalue weighted by molar-refractivity contribution is 7.09. The van der Waals surface area contributed by atoms with Crippen LogP contribution >= 0.6 is 11.3 Å². The third kappa shape index (κ3) is 20.1. The number of thiophene rings is 1. The summed E-state index contributed by atoms with van der Waals surface area (Å²) in [6, 6.07) is -6.87. The quantitative estimate of drug-likeness (QED) is 0.0186. The fraction of sp³-hybridized carbons (Fsp3) is 0.630. The van der Waals surface area contributed by atoms with Crippen molar-refractivity contribution in [2.75, 3.05) is 59.0 Å². The first-order chi connectivity index (χ1) is 37.5. The van der Waals surface area contributed by atoms with E-state index in [1.165, 1.54) is 16.2 Å². The maximum absolute atomic E-state index is 14.3. The molecule has 0 bridgehead atoms. The van der Waals surface area contributed by atoms with Crippen LogP contribution in [0.2, 0.25) is 0 Å². The Morgan fingerprint density at radius 2 is 1.32 bits per heavy atom. The number of carbonyl (C=O) groups is 10. The highest BCUT2D eigenvalue weighted by Crippen LogP contribution is 2.27. The number of likely N-dealkylation sites (tertiary alicyclic amines) is 3. The Morgan fingerprint density at radius 3 is 1.91 bits per heavy atom. The summed E-state index contributed by atoms with van der Waals surface area (Å²) in [6.45, 7) is -1.68. The van der Waals surface area contributed by atoms with E-state index in [0.717, 1.165) is 9.80 Å². The van der Waals surface area contributed by atoms with Crippen LogP contribution in [-0.2, 0) is 54.4 Å². The second-order valence-corrected chi connectivity index (χ2v) is 20.0. The molecule has 9 atom stereocenters. The van der Waals surface area contributed by atoms with Crippen LogP contribution in [0.25, 0.3) is 0 Å². The first-order valence-electron chi connectivity index (χ1n) is 25.6. The van der Waals surface area contributed by atoms with E-state index in [0.29, 0.717) is 17.7 Å². The van der Waals surface area contributed by atoms with Gasteiger partial charge in [-0.05, 0) is 75.7 Å². The van der Waals surface area contributed by atoms with E-state index in [9.17, 15) is 63.3 Å². The number of guanidine groups is 3. The van der Waals surface area contributed by atoms with Gasteiger partial charge in [0.05, 0.1) is 31.8 Å². The van der Waals surface area contributed by atoms with Gasteiger partial charge in [0.1, 0.15) is 42.3 Å². The average molecular weight is 1130 g/mol. The van der Waals surface area contributed by atoms with Gasteiger partial charge in [-0.25, -0.2) is 4.79 Å². The van der Waals surface area contributed by atoms with Crippen LogP contribution in [0.15, 0.2) is 32.5 Å². The fourth-order valence-corrected chi connectivity index (χ4v) is 9.76. The molecule has 9 amide bonds. The number of carboxylic acid groups (broad SMARTS) is 1. The molecule has 3 saturated heterocycles. The predicted octanol–water partition coefficient (Wildman–Crippen LogP) is -8.42. The molecular formula is C46H75N19O13S. The molecule has 3 fully saturated rings. The minimum absolute atomic E-state index is 0.00333. The summed E-state index contributed by atoms with van der Waals surface area (Å²) < 4.78 is 0. The summed E-state index contributed by atoms with van der Waals surface area (Å²) in [4.78, 5) is 149. The van der Waals surface area contributed by atoms with E-state index >= 15 is 0 Å². The van der Waals surface area contributed by atoms with E-state index in [1.54, 1.807) is 17.5 Å². The van der Waals surface area contributed by atoms with Gasteiger partial charge < -0.3 is 102 Å². The lowest BCUT2D eigenvalue weighted by molar-refractivity contribution is -0.149. The van der Waals surface area contributed by atoms with Gasteiger partial charge in [0, 0.05) is 50.6 Å². The Hall–Kier alpha value is -7.91. The van der Waals surface area contributed by atoms with Crippen LogP contribution in [0.5, 0.6) is 0 Å². The van der Waals surface area contributed by atoms with Gasteiger partial charge in [-0.3, -0.25) is 58.1 Å². The molecule has 0 aliphatic carbocycles. The Balaban J connectivity index is 1.35. The lowest BCUT2D eigenvalue weighted by atomic mass is 10.1. The number of aliphatic hydroxyl groups is 2. The average Bonchev–Trinajstić information content (AvgIpc) is 4.28. The Labute approximate surface area is 458 Å². The predicted molar refractivity (Wildman–Crippen MR) is 285 cm³/mol. The van der Waals surface area contributed by atoms with Gasteiger partial charge in [-0.1, -0.05) is 6.07 Å². The monoisotopic (exact) mass is 1130 g/mol. The van der Waals surface area contributed by atoms with Gasteiger partial charge in [-0.2, -0.15) is 0 Å². The van der Waals surface area contributed by atoms with Crippen LogP contribution in [0.4, 0.5) is 0 Å².